The summed E-state index contributed by atoms with van der Waals surface area (Å²) < 4.78 is 0. The Balaban J connectivity index is 2.30. The van der Waals surface area contributed by atoms with Crippen molar-refractivity contribution in [2.75, 3.05) is 12.3 Å². The molecule has 4 heteroatoms. The summed E-state index contributed by atoms with van der Waals surface area (Å²) in [5.74, 6) is 1.46. The van der Waals surface area contributed by atoms with Crippen LogP contribution < -0.4 is 11.1 Å². The molecule has 0 aliphatic carbocycles. The molecule has 0 saturated carbocycles. The summed E-state index contributed by atoms with van der Waals surface area (Å²) in [6.45, 7) is 9.02. The van der Waals surface area contributed by atoms with Gasteiger partial charge >= 0.3 is 0 Å². The molecule has 0 bridgehead atoms. The van der Waals surface area contributed by atoms with Gasteiger partial charge in [0.25, 0.3) is 0 Å². The fourth-order valence-corrected chi connectivity index (χ4v) is 2.13. The molecule has 0 aromatic heterocycles. The number of nitrogens with zero attached hydrogens (tertiary/aromatic N) is 1. The molecule has 1 rings (SSSR count). The van der Waals surface area contributed by atoms with Gasteiger partial charge in [-0.05, 0) is 39.8 Å². The number of thioether (sulfide) groups is 1. The highest BCUT2D eigenvalue weighted by Gasteiger charge is 2.09. The molecule has 0 spiro atoms. The molecule has 0 saturated heterocycles. The van der Waals surface area contributed by atoms with Gasteiger partial charge in [0.1, 0.15) is 0 Å². The molecule has 0 unspecified atom stereocenters. The SMILES string of the molecule is Cc1ccc(SCCN=C(N)NC(C)(C)C)cc1. The van der Waals surface area contributed by atoms with Gasteiger partial charge in [-0.3, -0.25) is 4.99 Å². The van der Waals surface area contributed by atoms with Crippen LogP contribution in [0, 0.1) is 6.92 Å². The summed E-state index contributed by atoms with van der Waals surface area (Å²) in [5, 5.41) is 3.14. The number of hydrogen-bond acceptors (Lipinski definition) is 2. The highest BCUT2D eigenvalue weighted by molar-refractivity contribution is 7.99. The van der Waals surface area contributed by atoms with E-state index in [1.54, 1.807) is 11.8 Å². The monoisotopic (exact) mass is 265 g/mol. The maximum atomic E-state index is 5.79. The van der Waals surface area contributed by atoms with Gasteiger partial charge < -0.3 is 11.1 Å². The summed E-state index contributed by atoms with van der Waals surface area (Å²) >= 11 is 1.80. The fraction of sp³-hybridized carbons (Fsp3) is 0.500. The molecule has 0 atom stereocenters. The molecule has 1 aromatic rings. The van der Waals surface area contributed by atoms with E-state index >= 15 is 0 Å². The lowest BCUT2D eigenvalue weighted by molar-refractivity contribution is 0.508. The Labute approximate surface area is 114 Å². The minimum Gasteiger partial charge on any atom is -0.370 e. The average molecular weight is 265 g/mol. The van der Waals surface area contributed by atoms with Gasteiger partial charge in [-0.15, -0.1) is 11.8 Å². The molecule has 0 aliphatic rings. The van der Waals surface area contributed by atoms with Crippen LogP contribution in [0.3, 0.4) is 0 Å². The van der Waals surface area contributed by atoms with Crippen LogP contribution in [0.1, 0.15) is 26.3 Å². The van der Waals surface area contributed by atoms with Crippen LogP contribution in [0.15, 0.2) is 34.2 Å². The van der Waals surface area contributed by atoms with Gasteiger partial charge in [-0.1, -0.05) is 17.7 Å². The topological polar surface area (TPSA) is 50.4 Å². The zero-order chi connectivity index (χ0) is 13.6. The lowest BCUT2D eigenvalue weighted by Crippen LogP contribution is -2.45. The maximum absolute atomic E-state index is 5.79. The summed E-state index contributed by atoms with van der Waals surface area (Å²) in [6.07, 6.45) is 0. The van der Waals surface area contributed by atoms with Gasteiger partial charge in [-0.25, -0.2) is 0 Å². The number of nitrogens with one attached hydrogen (secondary N) is 1. The van der Waals surface area contributed by atoms with Crippen LogP contribution in [-0.4, -0.2) is 23.8 Å². The number of aliphatic imine (C=N–C) groups is 1. The van der Waals surface area contributed by atoms with Crippen molar-refractivity contribution in [3.63, 3.8) is 0 Å². The Morgan fingerprint density at radius 2 is 1.89 bits per heavy atom. The number of hydrogen-bond donors (Lipinski definition) is 2. The zero-order valence-corrected chi connectivity index (χ0v) is 12.5. The Morgan fingerprint density at radius 1 is 1.28 bits per heavy atom. The summed E-state index contributed by atoms with van der Waals surface area (Å²) in [4.78, 5) is 5.58. The number of rotatable bonds is 4. The third kappa shape index (κ3) is 6.55. The van der Waals surface area contributed by atoms with E-state index in [1.807, 2.05) is 0 Å². The van der Waals surface area contributed by atoms with E-state index in [-0.39, 0.29) is 5.54 Å². The Hall–Kier alpha value is -1.16. The van der Waals surface area contributed by atoms with E-state index in [2.05, 4.69) is 62.3 Å². The van der Waals surface area contributed by atoms with Crippen LogP contribution in [0.25, 0.3) is 0 Å². The Morgan fingerprint density at radius 3 is 2.44 bits per heavy atom. The summed E-state index contributed by atoms with van der Waals surface area (Å²) in [5.41, 5.74) is 7.05. The first-order valence-corrected chi connectivity index (χ1v) is 7.13. The first-order valence-electron chi connectivity index (χ1n) is 6.14. The number of guanidine groups is 1. The van der Waals surface area contributed by atoms with Crippen molar-refractivity contribution in [2.24, 2.45) is 10.7 Å². The predicted molar refractivity (Wildman–Crippen MR) is 81.3 cm³/mol. The second kappa shape index (κ2) is 6.69. The standard InChI is InChI=1S/C14H23N3S/c1-11-5-7-12(8-6-11)18-10-9-16-13(15)17-14(2,3)4/h5-8H,9-10H2,1-4H3,(H3,15,16,17). The van der Waals surface area contributed by atoms with E-state index < -0.39 is 0 Å². The maximum Gasteiger partial charge on any atom is 0.189 e. The Bertz CT molecular complexity index is 390. The molecular weight excluding hydrogens is 242 g/mol. The second-order valence-corrected chi connectivity index (χ2v) is 6.47. The molecule has 0 heterocycles. The molecule has 0 radical (unpaired) electrons. The normalized spacial score (nSPS) is 12.6. The molecule has 1 aromatic carbocycles. The first-order chi connectivity index (χ1) is 8.37. The highest BCUT2D eigenvalue weighted by atomic mass is 32.2. The van der Waals surface area contributed by atoms with Crippen molar-refractivity contribution >= 4 is 17.7 Å². The molecule has 100 valence electrons. The minimum absolute atomic E-state index is 0.0301. The average Bonchev–Trinajstić information content (AvgIpc) is 2.24. The number of aryl methyl sites for hydroxylation is 1. The number of benzene rings is 1. The van der Waals surface area contributed by atoms with Crippen molar-refractivity contribution in [2.45, 2.75) is 38.1 Å². The van der Waals surface area contributed by atoms with Crippen molar-refractivity contribution in [1.29, 1.82) is 0 Å². The van der Waals surface area contributed by atoms with Crippen molar-refractivity contribution < 1.29 is 0 Å². The molecule has 0 amide bonds. The van der Waals surface area contributed by atoms with Crippen LogP contribution in [0.5, 0.6) is 0 Å². The molecule has 3 nitrogen and oxygen atoms in total. The molecule has 0 aliphatic heterocycles. The van der Waals surface area contributed by atoms with Crippen LogP contribution in [0.4, 0.5) is 0 Å². The Kier molecular flexibility index (Phi) is 5.54. The predicted octanol–water partition coefficient (Wildman–Crippen LogP) is 2.79. The van der Waals surface area contributed by atoms with Crippen molar-refractivity contribution in [1.82, 2.24) is 5.32 Å². The van der Waals surface area contributed by atoms with Crippen molar-refractivity contribution in [3.05, 3.63) is 29.8 Å². The van der Waals surface area contributed by atoms with E-state index in [0.717, 1.165) is 12.3 Å². The van der Waals surface area contributed by atoms with E-state index in [4.69, 9.17) is 5.73 Å². The van der Waals surface area contributed by atoms with Crippen LogP contribution >= 0.6 is 11.8 Å². The number of nitrogens with two attached hydrogens (primary N) is 1. The highest BCUT2D eigenvalue weighted by Crippen LogP contribution is 2.17. The lowest BCUT2D eigenvalue weighted by atomic mass is 10.1. The molecule has 3 N–H and O–H groups in total. The lowest BCUT2D eigenvalue weighted by Gasteiger charge is -2.20. The van der Waals surface area contributed by atoms with Gasteiger partial charge in [0.05, 0.1) is 6.54 Å². The third-order valence-electron chi connectivity index (χ3n) is 2.17. The fourth-order valence-electron chi connectivity index (χ4n) is 1.39. The third-order valence-corrected chi connectivity index (χ3v) is 3.16. The van der Waals surface area contributed by atoms with Crippen molar-refractivity contribution in [3.8, 4) is 0 Å². The summed E-state index contributed by atoms with van der Waals surface area (Å²) in [6, 6.07) is 8.53. The van der Waals surface area contributed by atoms with Crippen LogP contribution in [0.2, 0.25) is 0 Å². The molecule has 18 heavy (non-hydrogen) atoms. The van der Waals surface area contributed by atoms with Gasteiger partial charge in [-0.2, -0.15) is 0 Å². The van der Waals surface area contributed by atoms with Gasteiger partial charge in [0.15, 0.2) is 5.96 Å². The smallest absolute Gasteiger partial charge is 0.189 e. The van der Waals surface area contributed by atoms with Gasteiger partial charge in [0.2, 0.25) is 0 Å². The molecular formula is C14H23N3S. The van der Waals surface area contributed by atoms with E-state index in [0.29, 0.717) is 5.96 Å². The van der Waals surface area contributed by atoms with Gasteiger partial charge in [0, 0.05) is 16.2 Å². The quantitative estimate of drug-likeness (QED) is 0.381. The minimum atomic E-state index is -0.0301. The molecule has 0 fully saturated rings. The zero-order valence-electron chi connectivity index (χ0n) is 11.7. The van der Waals surface area contributed by atoms with E-state index in [9.17, 15) is 0 Å². The summed E-state index contributed by atoms with van der Waals surface area (Å²) in [7, 11) is 0. The van der Waals surface area contributed by atoms with E-state index in [1.165, 1.54) is 10.5 Å². The second-order valence-electron chi connectivity index (χ2n) is 5.30. The largest absolute Gasteiger partial charge is 0.370 e. The first kappa shape index (κ1) is 14.9. The van der Waals surface area contributed by atoms with Crippen LogP contribution in [-0.2, 0) is 0 Å².